The molecule has 0 aliphatic rings. The quantitative estimate of drug-likeness (QED) is 0.647. The Morgan fingerprint density at radius 2 is 2.00 bits per heavy atom. The smallest absolute Gasteiger partial charge is 0.116 e. The van der Waals surface area contributed by atoms with Crippen LogP contribution in [0, 0.1) is 0 Å². The summed E-state index contributed by atoms with van der Waals surface area (Å²) in [4.78, 5) is 15.4. The van der Waals surface area contributed by atoms with Gasteiger partial charge in [0.1, 0.15) is 6.33 Å². The van der Waals surface area contributed by atoms with Crippen LogP contribution in [0.5, 0.6) is 0 Å². The van der Waals surface area contributed by atoms with E-state index >= 15 is 0 Å². The number of aromatic amines is 1. The first-order valence-electron chi connectivity index (χ1n) is 4.62. The number of fused-ring (bicyclic) bond motifs is 1. The average Bonchev–Trinajstić information content (AvgIpc) is 2.74. The van der Waals surface area contributed by atoms with Crippen molar-refractivity contribution in [3.05, 3.63) is 43.1 Å². The first kappa shape index (κ1) is 8.11. The van der Waals surface area contributed by atoms with Crippen LogP contribution in [0.3, 0.4) is 0 Å². The molecule has 0 aliphatic heterocycles. The average molecular weight is 196 g/mol. The highest BCUT2D eigenvalue weighted by Gasteiger charge is 2.02. The summed E-state index contributed by atoms with van der Waals surface area (Å²) in [6.07, 6.45) is 6.85. The highest BCUT2D eigenvalue weighted by Crippen LogP contribution is 2.20. The highest BCUT2D eigenvalue weighted by molar-refractivity contribution is 5.84. The van der Waals surface area contributed by atoms with Gasteiger partial charge >= 0.3 is 0 Å². The Morgan fingerprint density at radius 3 is 2.80 bits per heavy atom. The molecule has 4 heteroatoms. The number of hydrogen-bond acceptors (Lipinski definition) is 3. The van der Waals surface area contributed by atoms with Crippen LogP contribution in [-0.2, 0) is 0 Å². The van der Waals surface area contributed by atoms with Crippen molar-refractivity contribution in [2.45, 2.75) is 0 Å². The predicted octanol–water partition coefficient (Wildman–Crippen LogP) is 2.02. The zero-order valence-corrected chi connectivity index (χ0v) is 7.88. The van der Waals surface area contributed by atoms with Crippen LogP contribution in [0.2, 0.25) is 0 Å². The molecule has 0 bridgehead atoms. The molecule has 15 heavy (non-hydrogen) atoms. The third kappa shape index (κ3) is 1.36. The third-order valence-corrected chi connectivity index (χ3v) is 2.28. The van der Waals surface area contributed by atoms with Gasteiger partial charge in [-0.15, -0.1) is 0 Å². The molecule has 72 valence electrons. The molecule has 0 amide bonds. The van der Waals surface area contributed by atoms with Gasteiger partial charge in [-0.25, -0.2) is 9.97 Å². The Kier molecular flexibility index (Phi) is 1.71. The van der Waals surface area contributed by atoms with Gasteiger partial charge in [0.15, 0.2) is 0 Å². The molecule has 0 aliphatic carbocycles. The molecule has 0 unspecified atom stereocenters. The van der Waals surface area contributed by atoms with Crippen molar-refractivity contribution in [2.75, 3.05) is 0 Å². The summed E-state index contributed by atoms with van der Waals surface area (Å²) in [6, 6.07) is 5.90. The van der Waals surface area contributed by atoms with Crippen LogP contribution in [0.15, 0.2) is 43.1 Å². The van der Waals surface area contributed by atoms with Crippen LogP contribution in [0.25, 0.3) is 22.3 Å². The SMILES string of the molecule is c1cc(-c2cc3ccncc3[nH]2)ncn1. The van der Waals surface area contributed by atoms with Gasteiger partial charge in [0.25, 0.3) is 0 Å². The molecular weight excluding hydrogens is 188 g/mol. The third-order valence-electron chi connectivity index (χ3n) is 2.28. The number of nitrogens with one attached hydrogen (secondary N) is 1. The van der Waals surface area contributed by atoms with Crippen molar-refractivity contribution in [1.82, 2.24) is 19.9 Å². The van der Waals surface area contributed by atoms with E-state index in [0.29, 0.717) is 0 Å². The van der Waals surface area contributed by atoms with E-state index in [1.807, 2.05) is 12.1 Å². The van der Waals surface area contributed by atoms with Gasteiger partial charge in [-0.1, -0.05) is 0 Å². The Balaban J connectivity index is 2.21. The fourth-order valence-electron chi connectivity index (χ4n) is 1.56. The van der Waals surface area contributed by atoms with Crippen molar-refractivity contribution in [3.63, 3.8) is 0 Å². The standard InChI is InChI=1S/C11H8N4/c1-3-12-6-11-8(1)5-10(15-11)9-2-4-13-7-14-9/h1-7,15H. The molecule has 0 aromatic carbocycles. The number of H-pyrrole nitrogens is 1. The number of nitrogens with zero attached hydrogens (tertiary/aromatic N) is 3. The molecule has 0 fully saturated rings. The lowest BCUT2D eigenvalue weighted by Crippen LogP contribution is -1.82. The minimum atomic E-state index is 0.890. The first-order chi connectivity index (χ1) is 7.43. The summed E-state index contributed by atoms with van der Waals surface area (Å²) in [6.45, 7) is 0. The van der Waals surface area contributed by atoms with Crippen LogP contribution in [-0.4, -0.2) is 19.9 Å². The minimum absolute atomic E-state index is 0.890. The summed E-state index contributed by atoms with van der Waals surface area (Å²) in [5, 5.41) is 1.14. The lowest BCUT2D eigenvalue weighted by atomic mass is 10.2. The number of hydrogen-bond donors (Lipinski definition) is 1. The highest BCUT2D eigenvalue weighted by atomic mass is 14.9. The Morgan fingerprint density at radius 1 is 1.07 bits per heavy atom. The van der Waals surface area contributed by atoms with E-state index in [9.17, 15) is 0 Å². The van der Waals surface area contributed by atoms with Crippen LogP contribution >= 0.6 is 0 Å². The molecule has 0 saturated heterocycles. The predicted molar refractivity (Wildman–Crippen MR) is 57.1 cm³/mol. The number of rotatable bonds is 1. The van der Waals surface area contributed by atoms with Gasteiger partial charge in [-0.05, 0) is 18.2 Å². The maximum atomic E-state index is 4.18. The molecule has 4 nitrogen and oxygen atoms in total. The summed E-state index contributed by atoms with van der Waals surface area (Å²) in [5.41, 5.74) is 2.90. The fraction of sp³-hybridized carbons (Fsp3) is 0. The minimum Gasteiger partial charge on any atom is -0.352 e. The van der Waals surface area contributed by atoms with E-state index in [0.717, 1.165) is 22.3 Å². The van der Waals surface area contributed by atoms with E-state index in [4.69, 9.17) is 0 Å². The van der Waals surface area contributed by atoms with Crippen molar-refractivity contribution < 1.29 is 0 Å². The van der Waals surface area contributed by atoms with Gasteiger partial charge in [-0.3, -0.25) is 4.98 Å². The summed E-state index contributed by atoms with van der Waals surface area (Å²) in [5.74, 6) is 0. The van der Waals surface area contributed by atoms with Crippen LogP contribution in [0.4, 0.5) is 0 Å². The summed E-state index contributed by atoms with van der Waals surface area (Å²) < 4.78 is 0. The van der Waals surface area contributed by atoms with Crippen LogP contribution < -0.4 is 0 Å². The molecule has 3 aromatic rings. The topological polar surface area (TPSA) is 54.5 Å². The Hall–Kier alpha value is -2.23. The molecule has 0 atom stereocenters. The monoisotopic (exact) mass is 196 g/mol. The fourth-order valence-corrected chi connectivity index (χ4v) is 1.56. The molecular formula is C11H8N4. The van der Waals surface area contributed by atoms with E-state index in [-0.39, 0.29) is 0 Å². The molecule has 0 saturated carbocycles. The lowest BCUT2D eigenvalue weighted by molar-refractivity contribution is 1.16. The van der Waals surface area contributed by atoms with Crippen LogP contribution in [0.1, 0.15) is 0 Å². The van der Waals surface area contributed by atoms with Crippen molar-refractivity contribution in [2.24, 2.45) is 0 Å². The number of aromatic nitrogens is 4. The summed E-state index contributed by atoms with van der Waals surface area (Å²) in [7, 11) is 0. The van der Waals surface area contributed by atoms with Gasteiger partial charge in [0.2, 0.25) is 0 Å². The zero-order valence-electron chi connectivity index (χ0n) is 7.88. The van der Waals surface area contributed by atoms with Crippen molar-refractivity contribution >= 4 is 10.9 Å². The summed E-state index contributed by atoms with van der Waals surface area (Å²) >= 11 is 0. The largest absolute Gasteiger partial charge is 0.352 e. The normalized spacial score (nSPS) is 10.7. The van der Waals surface area contributed by atoms with Gasteiger partial charge in [-0.2, -0.15) is 0 Å². The second-order valence-corrected chi connectivity index (χ2v) is 3.24. The van der Waals surface area contributed by atoms with Gasteiger partial charge in [0.05, 0.1) is 23.1 Å². The van der Waals surface area contributed by atoms with Gasteiger partial charge < -0.3 is 4.98 Å². The first-order valence-corrected chi connectivity index (χ1v) is 4.62. The Bertz CT molecular complexity index is 553. The van der Waals surface area contributed by atoms with E-state index < -0.39 is 0 Å². The van der Waals surface area contributed by atoms with E-state index in [1.54, 1.807) is 24.9 Å². The molecule has 3 rings (SSSR count). The second kappa shape index (κ2) is 3.16. The molecule has 1 N–H and O–H groups in total. The zero-order chi connectivity index (χ0) is 10.1. The second-order valence-electron chi connectivity index (χ2n) is 3.24. The van der Waals surface area contributed by atoms with Gasteiger partial charge in [0, 0.05) is 17.8 Å². The maximum absolute atomic E-state index is 4.18. The number of pyridine rings is 1. The Labute approximate surface area is 86.0 Å². The van der Waals surface area contributed by atoms with E-state index in [2.05, 4.69) is 26.0 Å². The van der Waals surface area contributed by atoms with E-state index in [1.165, 1.54) is 0 Å². The maximum Gasteiger partial charge on any atom is 0.116 e. The molecule has 3 heterocycles. The molecule has 3 aromatic heterocycles. The molecule has 0 radical (unpaired) electrons. The molecule has 0 spiro atoms. The van der Waals surface area contributed by atoms with Crippen molar-refractivity contribution in [3.8, 4) is 11.4 Å². The lowest BCUT2D eigenvalue weighted by Gasteiger charge is -1.93. The van der Waals surface area contributed by atoms with Crippen molar-refractivity contribution in [1.29, 1.82) is 0 Å².